The van der Waals surface area contributed by atoms with Crippen molar-refractivity contribution in [2.24, 2.45) is 4.99 Å². The molecule has 0 spiro atoms. The molecule has 2 heterocycles. The van der Waals surface area contributed by atoms with Gasteiger partial charge in [-0.1, -0.05) is 31.2 Å². The molecule has 0 aliphatic carbocycles. The van der Waals surface area contributed by atoms with Gasteiger partial charge >= 0.3 is 0 Å². The minimum Gasteiger partial charge on any atom is -0.381 e. The van der Waals surface area contributed by atoms with Crippen LogP contribution in [0.1, 0.15) is 37.3 Å². The maximum Gasteiger partial charge on any atom is 0.193 e. The van der Waals surface area contributed by atoms with Crippen molar-refractivity contribution >= 4 is 17.7 Å². The minimum atomic E-state index is 0.345. The largest absolute Gasteiger partial charge is 0.381 e. The first kappa shape index (κ1) is 20.5. The second-order valence-electron chi connectivity index (χ2n) is 7.19. The van der Waals surface area contributed by atoms with Gasteiger partial charge in [0.1, 0.15) is 0 Å². The van der Waals surface area contributed by atoms with Crippen LogP contribution in [0.15, 0.2) is 29.3 Å². The fourth-order valence-corrected chi connectivity index (χ4v) is 4.66. The van der Waals surface area contributed by atoms with Gasteiger partial charge in [0.2, 0.25) is 0 Å². The van der Waals surface area contributed by atoms with Gasteiger partial charge in [-0.15, -0.1) is 0 Å². The first-order chi connectivity index (χ1) is 13.3. The first-order valence-electron chi connectivity index (χ1n) is 10.1. The van der Waals surface area contributed by atoms with Crippen molar-refractivity contribution in [3.05, 3.63) is 35.4 Å². The lowest BCUT2D eigenvalue weighted by Crippen LogP contribution is -2.47. The molecule has 2 aliphatic heterocycles. The highest BCUT2D eigenvalue weighted by Gasteiger charge is 2.21. The average Bonchev–Trinajstić information content (AvgIpc) is 2.74. The summed E-state index contributed by atoms with van der Waals surface area (Å²) in [6, 6.07) is 8.71. The Hall–Kier alpha value is -1.24. The topological polar surface area (TPSA) is 46.1 Å². The van der Waals surface area contributed by atoms with Crippen LogP contribution >= 0.6 is 11.8 Å². The van der Waals surface area contributed by atoms with E-state index in [0.29, 0.717) is 18.0 Å². The zero-order valence-electron chi connectivity index (χ0n) is 16.7. The highest BCUT2D eigenvalue weighted by atomic mass is 32.2. The summed E-state index contributed by atoms with van der Waals surface area (Å²) in [5.74, 6) is 2.20. The van der Waals surface area contributed by atoms with E-state index in [1.807, 2.05) is 7.05 Å². The lowest BCUT2D eigenvalue weighted by molar-refractivity contribution is -0.0390. The Balaban J connectivity index is 1.44. The number of hydrogen-bond acceptors (Lipinski definition) is 4. The molecule has 1 unspecified atom stereocenters. The summed E-state index contributed by atoms with van der Waals surface area (Å²) in [5, 5.41) is 4.24. The van der Waals surface area contributed by atoms with E-state index in [4.69, 9.17) is 9.47 Å². The SMILES string of the molecule is CCC1CN(C(=NC)NCc2ccc(COC3CCOCC3)cc2)CCS1. The zero-order chi connectivity index (χ0) is 18.9. The molecule has 27 heavy (non-hydrogen) atoms. The summed E-state index contributed by atoms with van der Waals surface area (Å²) in [4.78, 5) is 6.88. The van der Waals surface area contributed by atoms with E-state index >= 15 is 0 Å². The smallest absolute Gasteiger partial charge is 0.193 e. The molecule has 3 rings (SSSR count). The minimum absolute atomic E-state index is 0.345. The highest BCUT2D eigenvalue weighted by molar-refractivity contribution is 8.00. The second kappa shape index (κ2) is 10.9. The number of nitrogens with zero attached hydrogens (tertiary/aromatic N) is 2. The quantitative estimate of drug-likeness (QED) is 0.596. The molecule has 0 saturated carbocycles. The van der Waals surface area contributed by atoms with Crippen LogP contribution in [0.3, 0.4) is 0 Å². The van der Waals surface area contributed by atoms with Crippen LogP contribution in [0.5, 0.6) is 0 Å². The Morgan fingerprint density at radius 1 is 1.26 bits per heavy atom. The number of guanidine groups is 1. The van der Waals surface area contributed by atoms with Crippen LogP contribution < -0.4 is 5.32 Å². The van der Waals surface area contributed by atoms with Gasteiger partial charge in [0, 0.05) is 50.9 Å². The summed E-state index contributed by atoms with van der Waals surface area (Å²) in [6.07, 6.45) is 3.58. The monoisotopic (exact) mass is 391 g/mol. The Morgan fingerprint density at radius 2 is 2.00 bits per heavy atom. The maximum atomic E-state index is 6.00. The highest BCUT2D eigenvalue weighted by Crippen LogP contribution is 2.21. The number of nitrogens with one attached hydrogen (secondary N) is 1. The molecule has 2 fully saturated rings. The zero-order valence-corrected chi connectivity index (χ0v) is 17.5. The van der Waals surface area contributed by atoms with Crippen LogP contribution in [0.2, 0.25) is 0 Å². The number of ether oxygens (including phenoxy) is 2. The van der Waals surface area contributed by atoms with Crippen molar-refractivity contribution in [1.29, 1.82) is 0 Å². The number of hydrogen-bond donors (Lipinski definition) is 1. The van der Waals surface area contributed by atoms with Gasteiger partial charge in [-0.2, -0.15) is 11.8 Å². The first-order valence-corrected chi connectivity index (χ1v) is 11.2. The fraction of sp³-hybridized carbons (Fsp3) is 0.667. The van der Waals surface area contributed by atoms with Gasteiger partial charge in [-0.25, -0.2) is 0 Å². The standard InChI is InChI=1S/C21H33N3O2S/c1-3-20-15-24(10-13-27-20)21(22-2)23-14-17-4-6-18(7-5-17)16-26-19-8-11-25-12-9-19/h4-7,19-20H,3,8-16H2,1-2H3,(H,22,23). The third-order valence-electron chi connectivity index (χ3n) is 5.23. The molecule has 1 aromatic carbocycles. The molecule has 150 valence electrons. The average molecular weight is 392 g/mol. The number of rotatable bonds is 6. The lowest BCUT2D eigenvalue weighted by Gasteiger charge is -2.34. The van der Waals surface area contributed by atoms with E-state index < -0.39 is 0 Å². The summed E-state index contributed by atoms with van der Waals surface area (Å²) in [7, 11) is 1.88. The van der Waals surface area contributed by atoms with E-state index in [2.05, 4.69) is 58.2 Å². The van der Waals surface area contributed by atoms with Crippen molar-refractivity contribution in [3.63, 3.8) is 0 Å². The molecule has 2 saturated heterocycles. The Labute approximate surface area is 167 Å². The summed E-state index contributed by atoms with van der Waals surface area (Å²) < 4.78 is 11.4. The normalized spacial score (nSPS) is 22.1. The van der Waals surface area contributed by atoms with E-state index in [1.54, 1.807) is 0 Å². The molecule has 0 amide bonds. The summed E-state index contributed by atoms with van der Waals surface area (Å²) in [6.45, 7) is 7.56. The van der Waals surface area contributed by atoms with Gasteiger partial charge in [-0.05, 0) is 30.4 Å². The van der Waals surface area contributed by atoms with E-state index in [0.717, 1.165) is 51.6 Å². The van der Waals surface area contributed by atoms with Crippen LogP contribution in [-0.4, -0.2) is 61.3 Å². The van der Waals surface area contributed by atoms with Crippen LogP contribution in [-0.2, 0) is 22.6 Å². The lowest BCUT2D eigenvalue weighted by atomic mass is 10.1. The molecule has 6 heteroatoms. The van der Waals surface area contributed by atoms with Gasteiger partial charge in [-0.3, -0.25) is 4.99 Å². The Bertz CT molecular complexity index is 588. The molecule has 1 atom stereocenters. The summed E-state index contributed by atoms with van der Waals surface area (Å²) in [5.41, 5.74) is 2.50. The second-order valence-corrected chi connectivity index (χ2v) is 8.60. The Morgan fingerprint density at radius 3 is 2.70 bits per heavy atom. The van der Waals surface area contributed by atoms with Crippen LogP contribution in [0.4, 0.5) is 0 Å². The predicted molar refractivity (Wildman–Crippen MR) is 113 cm³/mol. The number of benzene rings is 1. The maximum absolute atomic E-state index is 6.00. The molecule has 1 N–H and O–H groups in total. The third kappa shape index (κ3) is 6.40. The van der Waals surface area contributed by atoms with E-state index in [9.17, 15) is 0 Å². The van der Waals surface area contributed by atoms with E-state index in [1.165, 1.54) is 23.3 Å². The van der Waals surface area contributed by atoms with Crippen LogP contribution in [0.25, 0.3) is 0 Å². The predicted octanol–water partition coefficient (Wildman–Crippen LogP) is 3.29. The van der Waals surface area contributed by atoms with E-state index in [-0.39, 0.29) is 0 Å². The van der Waals surface area contributed by atoms with Crippen molar-refractivity contribution in [2.45, 2.75) is 50.7 Å². The van der Waals surface area contributed by atoms with Crippen molar-refractivity contribution < 1.29 is 9.47 Å². The molecule has 0 radical (unpaired) electrons. The van der Waals surface area contributed by atoms with Crippen molar-refractivity contribution in [3.8, 4) is 0 Å². The number of aliphatic imine (C=N–C) groups is 1. The summed E-state index contributed by atoms with van der Waals surface area (Å²) >= 11 is 2.08. The van der Waals surface area contributed by atoms with Crippen LogP contribution in [0, 0.1) is 0 Å². The van der Waals surface area contributed by atoms with Gasteiger partial charge < -0.3 is 19.7 Å². The molecule has 1 aromatic rings. The Kier molecular flexibility index (Phi) is 8.30. The van der Waals surface area contributed by atoms with Crippen molar-refractivity contribution in [1.82, 2.24) is 10.2 Å². The molecular weight excluding hydrogens is 358 g/mol. The van der Waals surface area contributed by atoms with Gasteiger partial charge in [0.25, 0.3) is 0 Å². The molecule has 2 aliphatic rings. The number of thioether (sulfide) groups is 1. The van der Waals surface area contributed by atoms with Crippen molar-refractivity contribution in [2.75, 3.05) is 39.1 Å². The molecule has 5 nitrogen and oxygen atoms in total. The molecule has 0 bridgehead atoms. The molecule has 0 aromatic heterocycles. The van der Waals surface area contributed by atoms with Gasteiger partial charge in [0.15, 0.2) is 5.96 Å². The van der Waals surface area contributed by atoms with Gasteiger partial charge in [0.05, 0.1) is 12.7 Å². The molecular formula is C21H33N3O2S. The fourth-order valence-electron chi connectivity index (χ4n) is 3.48. The third-order valence-corrected chi connectivity index (χ3v) is 6.61.